The van der Waals surface area contributed by atoms with Crippen LogP contribution in [-0.2, 0) is 11.3 Å². The van der Waals surface area contributed by atoms with Crippen LogP contribution < -0.4 is 10.6 Å². The van der Waals surface area contributed by atoms with Crippen molar-refractivity contribution >= 4 is 5.96 Å². The van der Waals surface area contributed by atoms with Crippen molar-refractivity contribution in [1.29, 1.82) is 0 Å². The number of hydrogen-bond donors (Lipinski definition) is 2. The van der Waals surface area contributed by atoms with Gasteiger partial charge in [-0.25, -0.2) is 4.39 Å². The SMILES string of the molecule is CN=C(NCc1ccc(C)cc1)NCC(OC)c1ccc(F)cc1. The number of rotatable bonds is 6. The van der Waals surface area contributed by atoms with Gasteiger partial charge in [0.05, 0.1) is 6.10 Å². The van der Waals surface area contributed by atoms with E-state index in [0.717, 1.165) is 5.56 Å². The number of guanidine groups is 1. The molecule has 0 amide bonds. The molecule has 2 rings (SSSR count). The summed E-state index contributed by atoms with van der Waals surface area (Å²) in [7, 11) is 3.36. The van der Waals surface area contributed by atoms with E-state index in [1.54, 1.807) is 26.3 Å². The van der Waals surface area contributed by atoms with Gasteiger partial charge in [-0.05, 0) is 30.2 Å². The van der Waals surface area contributed by atoms with E-state index < -0.39 is 0 Å². The van der Waals surface area contributed by atoms with Gasteiger partial charge >= 0.3 is 0 Å². The van der Waals surface area contributed by atoms with Crippen LogP contribution in [0.25, 0.3) is 0 Å². The lowest BCUT2D eigenvalue weighted by Crippen LogP contribution is -2.39. The summed E-state index contributed by atoms with van der Waals surface area (Å²) >= 11 is 0. The summed E-state index contributed by atoms with van der Waals surface area (Å²) in [5, 5.41) is 6.50. The first-order chi connectivity index (χ1) is 11.6. The number of benzene rings is 2. The van der Waals surface area contributed by atoms with Gasteiger partial charge in [0, 0.05) is 27.2 Å². The second-order valence-electron chi connectivity index (χ2n) is 5.57. The Kier molecular flexibility index (Phi) is 6.75. The lowest BCUT2D eigenvalue weighted by molar-refractivity contribution is 0.106. The van der Waals surface area contributed by atoms with Crippen LogP contribution in [0.3, 0.4) is 0 Å². The zero-order valence-corrected chi connectivity index (χ0v) is 14.3. The van der Waals surface area contributed by atoms with Gasteiger partial charge in [-0.2, -0.15) is 0 Å². The number of nitrogens with zero attached hydrogens (tertiary/aromatic N) is 1. The van der Waals surface area contributed by atoms with Gasteiger partial charge in [0.15, 0.2) is 5.96 Å². The van der Waals surface area contributed by atoms with Crippen molar-refractivity contribution in [3.8, 4) is 0 Å². The number of nitrogens with one attached hydrogen (secondary N) is 2. The van der Waals surface area contributed by atoms with E-state index >= 15 is 0 Å². The minimum Gasteiger partial charge on any atom is -0.375 e. The van der Waals surface area contributed by atoms with Crippen LogP contribution in [0.1, 0.15) is 22.8 Å². The molecule has 0 aliphatic carbocycles. The highest BCUT2D eigenvalue weighted by molar-refractivity contribution is 5.79. The third-order valence-corrected chi connectivity index (χ3v) is 3.79. The van der Waals surface area contributed by atoms with E-state index in [2.05, 4.69) is 46.8 Å². The second kappa shape index (κ2) is 9.03. The number of methoxy groups -OCH3 is 1. The third-order valence-electron chi connectivity index (χ3n) is 3.79. The molecule has 0 aliphatic heterocycles. The van der Waals surface area contributed by atoms with Crippen LogP contribution in [-0.4, -0.2) is 26.7 Å². The van der Waals surface area contributed by atoms with Crippen LogP contribution in [0.5, 0.6) is 0 Å². The molecule has 2 aromatic rings. The summed E-state index contributed by atoms with van der Waals surface area (Å²) in [6.45, 7) is 3.29. The Bertz CT molecular complexity index is 653. The molecule has 1 atom stereocenters. The molecule has 2 aromatic carbocycles. The van der Waals surface area contributed by atoms with Crippen LogP contribution in [0.15, 0.2) is 53.5 Å². The van der Waals surface area contributed by atoms with Crippen LogP contribution >= 0.6 is 0 Å². The lowest BCUT2D eigenvalue weighted by Gasteiger charge is -2.19. The van der Waals surface area contributed by atoms with Gasteiger partial charge in [0.1, 0.15) is 5.82 Å². The molecule has 128 valence electrons. The van der Waals surface area contributed by atoms with E-state index in [-0.39, 0.29) is 11.9 Å². The quantitative estimate of drug-likeness (QED) is 0.632. The number of hydrogen-bond acceptors (Lipinski definition) is 2. The van der Waals surface area contributed by atoms with Gasteiger partial charge in [-0.3, -0.25) is 4.99 Å². The summed E-state index contributed by atoms with van der Waals surface area (Å²) in [6.07, 6.45) is -0.177. The highest BCUT2D eigenvalue weighted by Gasteiger charge is 2.11. The Balaban J connectivity index is 1.87. The Hall–Kier alpha value is -2.40. The Morgan fingerprint density at radius 3 is 2.33 bits per heavy atom. The van der Waals surface area contributed by atoms with E-state index in [4.69, 9.17) is 4.74 Å². The van der Waals surface area contributed by atoms with Crippen molar-refractivity contribution in [3.63, 3.8) is 0 Å². The van der Waals surface area contributed by atoms with Crippen molar-refractivity contribution in [2.45, 2.75) is 19.6 Å². The van der Waals surface area contributed by atoms with Gasteiger partial charge in [-0.15, -0.1) is 0 Å². The number of aliphatic imine (C=N–C) groups is 1. The van der Waals surface area contributed by atoms with Gasteiger partial charge in [0.2, 0.25) is 0 Å². The summed E-state index contributed by atoms with van der Waals surface area (Å²) in [5.41, 5.74) is 3.34. The van der Waals surface area contributed by atoms with Crippen molar-refractivity contribution in [1.82, 2.24) is 10.6 Å². The Morgan fingerprint density at radius 2 is 1.75 bits per heavy atom. The molecule has 4 nitrogen and oxygen atoms in total. The van der Waals surface area contributed by atoms with Crippen molar-refractivity contribution in [3.05, 3.63) is 71.0 Å². The zero-order chi connectivity index (χ0) is 17.4. The van der Waals surface area contributed by atoms with Crippen molar-refractivity contribution in [2.24, 2.45) is 4.99 Å². The topological polar surface area (TPSA) is 45.7 Å². The standard InChI is InChI=1S/C19H24FN3O/c1-14-4-6-15(7-5-14)12-22-19(21-2)23-13-18(24-3)16-8-10-17(20)11-9-16/h4-11,18H,12-13H2,1-3H3,(H2,21,22,23). The Labute approximate surface area is 142 Å². The van der Waals surface area contributed by atoms with Gasteiger partial charge < -0.3 is 15.4 Å². The normalized spacial score (nSPS) is 12.8. The smallest absolute Gasteiger partial charge is 0.191 e. The lowest BCUT2D eigenvalue weighted by atomic mass is 10.1. The molecule has 2 N–H and O–H groups in total. The fourth-order valence-corrected chi connectivity index (χ4v) is 2.32. The van der Waals surface area contributed by atoms with E-state index in [9.17, 15) is 4.39 Å². The summed E-state index contributed by atoms with van der Waals surface area (Å²) in [6, 6.07) is 14.7. The fraction of sp³-hybridized carbons (Fsp3) is 0.316. The first-order valence-electron chi connectivity index (χ1n) is 7.90. The monoisotopic (exact) mass is 329 g/mol. The zero-order valence-electron chi connectivity index (χ0n) is 14.3. The molecule has 0 spiro atoms. The van der Waals surface area contributed by atoms with Crippen LogP contribution in [0.2, 0.25) is 0 Å². The fourth-order valence-electron chi connectivity index (χ4n) is 2.32. The molecule has 5 heteroatoms. The largest absolute Gasteiger partial charge is 0.375 e. The number of aryl methyl sites for hydroxylation is 1. The highest BCUT2D eigenvalue weighted by Crippen LogP contribution is 2.16. The van der Waals surface area contributed by atoms with Crippen molar-refractivity contribution < 1.29 is 9.13 Å². The molecule has 0 aromatic heterocycles. The molecular formula is C19H24FN3O. The van der Waals surface area contributed by atoms with E-state index in [1.165, 1.54) is 23.3 Å². The molecule has 0 heterocycles. The van der Waals surface area contributed by atoms with Crippen molar-refractivity contribution in [2.75, 3.05) is 20.7 Å². The van der Waals surface area contributed by atoms with Gasteiger partial charge in [0.25, 0.3) is 0 Å². The van der Waals surface area contributed by atoms with E-state index in [0.29, 0.717) is 19.0 Å². The van der Waals surface area contributed by atoms with E-state index in [1.807, 2.05) is 0 Å². The molecule has 0 saturated heterocycles. The van der Waals surface area contributed by atoms with Crippen LogP contribution in [0.4, 0.5) is 4.39 Å². The minimum atomic E-state index is -0.253. The van der Waals surface area contributed by atoms with Gasteiger partial charge in [-0.1, -0.05) is 42.0 Å². The number of halogens is 1. The minimum absolute atomic E-state index is 0.177. The maximum atomic E-state index is 13.0. The molecule has 1 unspecified atom stereocenters. The second-order valence-corrected chi connectivity index (χ2v) is 5.57. The molecule has 0 fully saturated rings. The first-order valence-corrected chi connectivity index (χ1v) is 7.90. The summed E-state index contributed by atoms with van der Waals surface area (Å²) < 4.78 is 18.5. The predicted molar refractivity (Wildman–Crippen MR) is 95.5 cm³/mol. The highest BCUT2D eigenvalue weighted by atomic mass is 19.1. The third kappa shape index (κ3) is 5.35. The molecule has 0 radical (unpaired) electrons. The molecule has 0 aliphatic rings. The summed E-state index contributed by atoms with van der Waals surface area (Å²) in [4.78, 5) is 4.21. The maximum absolute atomic E-state index is 13.0. The maximum Gasteiger partial charge on any atom is 0.191 e. The Morgan fingerprint density at radius 1 is 1.08 bits per heavy atom. The first kappa shape index (κ1) is 17.9. The average molecular weight is 329 g/mol. The molecule has 0 saturated carbocycles. The predicted octanol–water partition coefficient (Wildman–Crippen LogP) is 3.19. The average Bonchev–Trinajstić information content (AvgIpc) is 2.61. The molecular weight excluding hydrogens is 305 g/mol. The molecule has 0 bridgehead atoms. The molecule has 24 heavy (non-hydrogen) atoms. The number of ether oxygens (including phenoxy) is 1. The summed E-state index contributed by atoms with van der Waals surface area (Å²) in [5.74, 6) is 0.442. The van der Waals surface area contributed by atoms with Crippen LogP contribution in [0, 0.1) is 12.7 Å².